The van der Waals surface area contributed by atoms with Crippen LogP contribution in [-0.4, -0.2) is 21.3 Å². The third-order valence-electron chi connectivity index (χ3n) is 3.21. The Labute approximate surface area is 134 Å². The first kappa shape index (κ1) is 19.3. The second-order valence-electron chi connectivity index (χ2n) is 6.61. The van der Waals surface area contributed by atoms with E-state index in [0.717, 1.165) is 17.0 Å². The van der Waals surface area contributed by atoms with Gasteiger partial charge in [0.15, 0.2) is 0 Å². The molecular formula is C16H22BF4NO. The molecule has 0 atom stereocenters. The van der Waals surface area contributed by atoms with Gasteiger partial charge >= 0.3 is 18.6 Å². The fourth-order valence-corrected chi connectivity index (χ4v) is 1.99. The smallest absolute Gasteiger partial charge is 0.418 e. The van der Waals surface area contributed by atoms with Crippen molar-refractivity contribution in [1.29, 1.82) is 0 Å². The molecule has 2 rings (SSSR count). The SMILES string of the molecule is Cc1cc(C(C)(C)C)[o+]c2cc(N(C)C)ccc12.F[B-](F)(F)F. The highest BCUT2D eigenvalue weighted by atomic mass is 19.5. The van der Waals surface area contributed by atoms with E-state index < -0.39 is 7.25 Å². The first-order chi connectivity index (χ1) is 10.3. The standard InChI is InChI=1S/C16H22NO.BF4/c1-11-9-15(16(2,3)4)18-14-10-12(17(5)6)7-8-13(11)14;2-1(3,4)5/h7-10H,1-6H3;/q+1;-1. The molecule has 1 aromatic carbocycles. The van der Waals surface area contributed by atoms with E-state index in [1.165, 1.54) is 10.9 Å². The molecule has 0 bridgehead atoms. The van der Waals surface area contributed by atoms with Gasteiger partial charge in [-0.2, -0.15) is 0 Å². The van der Waals surface area contributed by atoms with Gasteiger partial charge in [-0.1, -0.05) is 0 Å². The highest BCUT2D eigenvalue weighted by Gasteiger charge is 2.28. The van der Waals surface area contributed by atoms with Crippen LogP contribution in [-0.2, 0) is 5.41 Å². The van der Waals surface area contributed by atoms with Gasteiger partial charge in [0.2, 0.25) is 0 Å². The minimum absolute atomic E-state index is 0.0348. The van der Waals surface area contributed by atoms with E-state index in [1.54, 1.807) is 0 Å². The highest BCUT2D eigenvalue weighted by molar-refractivity contribution is 6.50. The molecule has 7 heteroatoms. The third-order valence-corrected chi connectivity index (χ3v) is 3.21. The summed E-state index contributed by atoms with van der Waals surface area (Å²) in [5.74, 6) is 1.03. The van der Waals surface area contributed by atoms with E-state index >= 15 is 0 Å². The Morgan fingerprint density at radius 3 is 1.96 bits per heavy atom. The Morgan fingerprint density at radius 1 is 1.00 bits per heavy atom. The number of benzene rings is 1. The molecule has 1 heterocycles. The van der Waals surface area contributed by atoms with Crippen molar-refractivity contribution in [2.75, 3.05) is 19.0 Å². The molecule has 0 spiro atoms. The van der Waals surface area contributed by atoms with E-state index in [9.17, 15) is 17.3 Å². The molecule has 0 N–H and O–H groups in total. The highest BCUT2D eigenvalue weighted by Crippen LogP contribution is 2.30. The molecule has 128 valence electrons. The van der Waals surface area contributed by atoms with Gasteiger partial charge < -0.3 is 22.2 Å². The van der Waals surface area contributed by atoms with Crippen molar-refractivity contribution in [2.45, 2.75) is 33.1 Å². The minimum Gasteiger partial charge on any atom is -0.418 e. The Bertz CT molecular complexity index is 672. The molecule has 0 aliphatic heterocycles. The molecule has 0 aliphatic rings. The lowest BCUT2D eigenvalue weighted by atomic mass is 9.91. The summed E-state index contributed by atoms with van der Waals surface area (Å²) in [7, 11) is -1.91. The number of anilines is 1. The summed E-state index contributed by atoms with van der Waals surface area (Å²) in [6.45, 7) is 8.66. The van der Waals surface area contributed by atoms with E-state index in [4.69, 9.17) is 4.42 Å². The normalized spacial score (nSPS) is 11.9. The van der Waals surface area contributed by atoms with E-state index in [1.807, 2.05) is 14.1 Å². The van der Waals surface area contributed by atoms with Crippen LogP contribution in [0.1, 0.15) is 32.1 Å². The maximum absolute atomic E-state index is 9.75. The van der Waals surface area contributed by atoms with Crippen LogP contribution in [0.3, 0.4) is 0 Å². The van der Waals surface area contributed by atoms with E-state index in [0.29, 0.717) is 0 Å². The molecule has 1 aromatic heterocycles. The van der Waals surface area contributed by atoms with Gasteiger partial charge in [-0.15, -0.1) is 0 Å². The lowest BCUT2D eigenvalue weighted by molar-refractivity contribution is 0.368. The van der Waals surface area contributed by atoms with Gasteiger partial charge in [0.05, 0.1) is 16.9 Å². The largest absolute Gasteiger partial charge is 0.673 e. The summed E-state index contributed by atoms with van der Waals surface area (Å²) in [6.07, 6.45) is 0. The van der Waals surface area contributed by atoms with Gasteiger partial charge in [-0.3, -0.25) is 0 Å². The molecule has 0 unspecified atom stereocenters. The van der Waals surface area contributed by atoms with Crippen molar-refractivity contribution in [3.8, 4) is 0 Å². The number of hydrogen-bond donors (Lipinski definition) is 0. The molecule has 23 heavy (non-hydrogen) atoms. The van der Waals surface area contributed by atoms with Crippen LogP contribution >= 0.6 is 0 Å². The number of hydrogen-bond acceptors (Lipinski definition) is 1. The number of aryl methyl sites for hydroxylation is 1. The summed E-state index contributed by atoms with van der Waals surface area (Å²) in [6, 6.07) is 8.52. The third kappa shape index (κ3) is 6.08. The lowest BCUT2D eigenvalue weighted by Crippen LogP contribution is -2.11. The van der Waals surface area contributed by atoms with Crippen LogP contribution in [0.15, 0.2) is 28.7 Å². The van der Waals surface area contributed by atoms with Crippen molar-refractivity contribution < 1.29 is 21.7 Å². The molecular weight excluding hydrogens is 309 g/mol. The summed E-state index contributed by atoms with van der Waals surface area (Å²) >= 11 is 0. The predicted octanol–water partition coefficient (Wildman–Crippen LogP) is 5.69. The van der Waals surface area contributed by atoms with E-state index in [2.05, 4.69) is 56.9 Å². The fourth-order valence-electron chi connectivity index (χ4n) is 1.99. The van der Waals surface area contributed by atoms with Crippen molar-refractivity contribution >= 4 is 23.9 Å². The van der Waals surface area contributed by atoms with Crippen molar-refractivity contribution in [2.24, 2.45) is 0 Å². The first-order valence-corrected chi connectivity index (χ1v) is 7.21. The van der Waals surface area contributed by atoms with Crippen LogP contribution in [0.2, 0.25) is 0 Å². The Morgan fingerprint density at radius 2 is 1.52 bits per heavy atom. The van der Waals surface area contributed by atoms with Gasteiger partial charge in [0.25, 0.3) is 0 Å². The molecule has 0 saturated heterocycles. The van der Waals surface area contributed by atoms with Gasteiger partial charge in [0, 0.05) is 25.8 Å². The van der Waals surface area contributed by atoms with Crippen LogP contribution in [0, 0.1) is 6.92 Å². The zero-order chi connectivity index (χ0) is 18.0. The van der Waals surface area contributed by atoms with Crippen molar-refractivity contribution in [3.05, 3.63) is 35.6 Å². The molecule has 2 aromatic rings. The van der Waals surface area contributed by atoms with Gasteiger partial charge in [0.1, 0.15) is 0 Å². The average Bonchev–Trinajstić information content (AvgIpc) is 2.34. The van der Waals surface area contributed by atoms with Crippen LogP contribution in [0.4, 0.5) is 23.0 Å². The number of halogens is 4. The summed E-state index contributed by atoms with van der Waals surface area (Å²) in [4.78, 5) is 2.09. The zero-order valence-corrected chi connectivity index (χ0v) is 14.3. The van der Waals surface area contributed by atoms with Crippen LogP contribution in [0.25, 0.3) is 11.0 Å². The summed E-state index contributed by atoms with van der Waals surface area (Å²) < 4.78 is 45.1. The molecule has 0 amide bonds. The second kappa shape index (κ2) is 6.77. The summed E-state index contributed by atoms with van der Waals surface area (Å²) in [5.41, 5.74) is 3.43. The quantitative estimate of drug-likeness (QED) is 0.379. The second-order valence-corrected chi connectivity index (χ2v) is 6.61. The van der Waals surface area contributed by atoms with Crippen LogP contribution in [0.5, 0.6) is 0 Å². The van der Waals surface area contributed by atoms with Crippen LogP contribution < -0.4 is 4.90 Å². The molecule has 0 saturated carbocycles. The number of rotatable bonds is 1. The lowest BCUT2D eigenvalue weighted by Gasteiger charge is -2.12. The maximum Gasteiger partial charge on any atom is 0.673 e. The van der Waals surface area contributed by atoms with Gasteiger partial charge in [-0.25, -0.2) is 4.42 Å². The average molecular weight is 331 g/mol. The van der Waals surface area contributed by atoms with E-state index in [-0.39, 0.29) is 5.41 Å². The number of nitrogens with zero attached hydrogens (tertiary/aromatic N) is 1. The van der Waals surface area contributed by atoms with Crippen molar-refractivity contribution in [3.63, 3.8) is 0 Å². The monoisotopic (exact) mass is 331 g/mol. The summed E-state index contributed by atoms with van der Waals surface area (Å²) in [5, 5.41) is 1.19. The molecule has 0 aliphatic carbocycles. The predicted molar refractivity (Wildman–Crippen MR) is 88.6 cm³/mol. The molecule has 2 nitrogen and oxygen atoms in total. The molecule has 0 radical (unpaired) electrons. The fraction of sp³-hybridized carbons (Fsp3) is 0.438. The minimum atomic E-state index is -6.00. The maximum atomic E-state index is 9.75. The van der Waals surface area contributed by atoms with Crippen molar-refractivity contribution in [1.82, 2.24) is 0 Å². The Hall–Kier alpha value is -1.79. The van der Waals surface area contributed by atoms with Gasteiger partial charge in [-0.05, 0) is 45.4 Å². The number of fused-ring (bicyclic) bond motifs is 1. The first-order valence-electron chi connectivity index (χ1n) is 7.21. The molecule has 0 fully saturated rings. The topological polar surface area (TPSA) is 14.5 Å². The zero-order valence-electron chi connectivity index (χ0n) is 14.3. The Balaban J connectivity index is 0.000000463. The Kier molecular flexibility index (Phi) is 5.67.